The Balaban J connectivity index is 3.28. The SMILES string of the molecule is CCCCOC(C)(C)CO. The summed E-state index contributed by atoms with van der Waals surface area (Å²) in [4.78, 5) is 0. The fraction of sp³-hybridized carbons (Fsp3) is 1.00. The van der Waals surface area contributed by atoms with Crippen LogP contribution in [-0.2, 0) is 4.74 Å². The highest BCUT2D eigenvalue weighted by Gasteiger charge is 2.15. The quantitative estimate of drug-likeness (QED) is 0.597. The highest BCUT2D eigenvalue weighted by atomic mass is 16.5. The first-order valence-corrected chi connectivity index (χ1v) is 3.87. The molecule has 2 nitrogen and oxygen atoms in total. The molecule has 0 radical (unpaired) electrons. The van der Waals surface area contributed by atoms with Crippen LogP contribution in [-0.4, -0.2) is 23.9 Å². The lowest BCUT2D eigenvalue weighted by Crippen LogP contribution is -2.29. The van der Waals surface area contributed by atoms with Gasteiger partial charge in [0.1, 0.15) is 0 Å². The molecule has 0 aromatic heterocycles. The summed E-state index contributed by atoms with van der Waals surface area (Å²) in [6.45, 7) is 6.75. The summed E-state index contributed by atoms with van der Waals surface area (Å²) in [5, 5.41) is 8.77. The molecule has 2 heteroatoms. The largest absolute Gasteiger partial charge is 0.393 e. The van der Waals surface area contributed by atoms with Crippen LogP contribution in [0, 0.1) is 0 Å². The van der Waals surface area contributed by atoms with Crippen molar-refractivity contribution >= 4 is 0 Å². The van der Waals surface area contributed by atoms with Gasteiger partial charge < -0.3 is 9.84 Å². The van der Waals surface area contributed by atoms with Gasteiger partial charge in [-0.05, 0) is 20.3 Å². The second-order valence-electron chi connectivity index (χ2n) is 3.12. The molecule has 0 saturated carbocycles. The number of rotatable bonds is 5. The molecule has 0 heterocycles. The smallest absolute Gasteiger partial charge is 0.0856 e. The number of unbranched alkanes of at least 4 members (excludes halogenated alkanes) is 1. The van der Waals surface area contributed by atoms with Crippen LogP contribution < -0.4 is 0 Å². The lowest BCUT2D eigenvalue weighted by molar-refractivity contribution is -0.0543. The summed E-state index contributed by atoms with van der Waals surface area (Å²) in [5.74, 6) is 0. The molecule has 0 spiro atoms. The van der Waals surface area contributed by atoms with E-state index in [-0.39, 0.29) is 12.2 Å². The van der Waals surface area contributed by atoms with Crippen LogP contribution in [0.5, 0.6) is 0 Å². The fourth-order valence-corrected chi connectivity index (χ4v) is 0.538. The first-order chi connectivity index (χ1) is 4.62. The molecule has 0 amide bonds. The van der Waals surface area contributed by atoms with Crippen molar-refractivity contribution in [1.29, 1.82) is 0 Å². The molecule has 0 fully saturated rings. The number of aliphatic hydroxyl groups excluding tert-OH is 1. The van der Waals surface area contributed by atoms with Gasteiger partial charge in [0.2, 0.25) is 0 Å². The van der Waals surface area contributed by atoms with Crippen molar-refractivity contribution in [2.75, 3.05) is 13.2 Å². The van der Waals surface area contributed by atoms with Crippen molar-refractivity contribution in [3.8, 4) is 0 Å². The van der Waals surface area contributed by atoms with E-state index >= 15 is 0 Å². The van der Waals surface area contributed by atoms with E-state index in [4.69, 9.17) is 9.84 Å². The molecule has 0 rings (SSSR count). The molecular weight excluding hydrogens is 128 g/mol. The summed E-state index contributed by atoms with van der Waals surface area (Å²) in [5.41, 5.74) is -0.352. The minimum atomic E-state index is -0.352. The summed E-state index contributed by atoms with van der Waals surface area (Å²) in [7, 11) is 0. The highest BCUT2D eigenvalue weighted by Crippen LogP contribution is 2.07. The molecule has 1 N–H and O–H groups in total. The second kappa shape index (κ2) is 4.69. The molecule has 0 unspecified atom stereocenters. The third kappa shape index (κ3) is 4.77. The zero-order valence-electron chi connectivity index (χ0n) is 7.18. The van der Waals surface area contributed by atoms with Crippen molar-refractivity contribution in [3.05, 3.63) is 0 Å². The Kier molecular flexibility index (Phi) is 4.65. The van der Waals surface area contributed by atoms with Gasteiger partial charge >= 0.3 is 0 Å². The van der Waals surface area contributed by atoms with Gasteiger partial charge in [0.25, 0.3) is 0 Å². The van der Waals surface area contributed by atoms with Gasteiger partial charge in [0.05, 0.1) is 12.2 Å². The Bertz CT molecular complexity index is 79.3. The molecule has 10 heavy (non-hydrogen) atoms. The summed E-state index contributed by atoms with van der Waals surface area (Å²) in [6.07, 6.45) is 2.21. The molecule has 0 saturated heterocycles. The van der Waals surface area contributed by atoms with Gasteiger partial charge in [-0.2, -0.15) is 0 Å². The molecule has 0 bridgehead atoms. The van der Waals surface area contributed by atoms with Crippen molar-refractivity contribution in [2.24, 2.45) is 0 Å². The van der Waals surface area contributed by atoms with Crippen LogP contribution in [0.25, 0.3) is 0 Å². The van der Waals surface area contributed by atoms with Crippen LogP contribution in [0.15, 0.2) is 0 Å². The molecule has 62 valence electrons. The standard InChI is InChI=1S/C8H18O2/c1-4-5-6-10-8(2,3)7-9/h9H,4-7H2,1-3H3. The Morgan fingerprint density at radius 2 is 2.00 bits per heavy atom. The van der Waals surface area contributed by atoms with Crippen molar-refractivity contribution < 1.29 is 9.84 Å². The predicted molar refractivity (Wildman–Crippen MR) is 42.0 cm³/mol. The average Bonchev–Trinajstić information content (AvgIpc) is 1.89. The normalized spacial score (nSPS) is 12.0. The summed E-state index contributed by atoms with van der Waals surface area (Å²) in [6, 6.07) is 0. The average molecular weight is 146 g/mol. The topological polar surface area (TPSA) is 29.5 Å². The minimum Gasteiger partial charge on any atom is -0.393 e. The predicted octanol–water partition coefficient (Wildman–Crippen LogP) is 1.57. The maximum absolute atomic E-state index is 8.77. The maximum Gasteiger partial charge on any atom is 0.0856 e. The monoisotopic (exact) mass is 146 g/mol. The third-order valence-corrected chi connectivity index (χ3v) is 1.37. The first kappa shape index (κ1) is 9.92. The van der Waals surface area contributed by atoms with E-state index in [1.807, 2.05) is 13.8 Å². The summed E-state index contributed by atoms with van der Waals surface area (Å²) >= 11 is 0. The molecule has 0 aliphatic carbocycles. The Morgan fingerprint density at radius 3 is 2.40 bits per heavy atom. The van der Waals surface area contributed by atoms with E-state index in [9.17, 15) is 0 Å². The number of aliphatic hydroxyl groups is 1. The zero-order chi connectivity index (χ0) is 8.04. The van der Waals surface area contributed by atoms with Crippen LogP contribution in [0.3, 0.4) is 0 Å². The minimum absolute atomic E-state index is 0.0940. The van der Waals surface area contributed by atoms with Crippen molar-refractivity contribution in [1.82, 2.24) is 0 Å². The Hall–Kier alpha value is -0.0800. The zero-order valence-corrected chi connectivity index (χ0v) is 7.18. The van der Waals surface area contributed by atoms with Gasteiger partial charge in [-0.15, -0.1) is 0 Å². The third-order valence-electron chi connectivity index (χ3n) is 1.37. The van der Waals surface area contributed by atoms with E-state index in [2.05, 4.69) is 6.92 Å². The number of hydrogen-bond donors (Lipinski definition) is 1. The first-order valence-electron chi connectivity index (χ1n) is 3.87. The van der Waals surface area contributed by atoms with E-state index in [1.54, 1.807) is 0 Å². The lowest BCUT2D eigenvalue weighted by atomic mass is 10.1. The van der Waals surface area contributed by atoms with Gasteiger partial charge in [-0.1, -0.05) is 13.3 Å². The van der Waals surface area contributed by atoms with Crippen LogP contribution in [0.4, 0.5) is 0 Å². The lowest BCUT2D eigenvalue weighted by Gasteiger charge is -2.22. The highest BCUT2D eigenvalue weighted by molar-refractivity contribution is 4.65. The fourth-order valence-electron chi connectivity index (χ4n) is 0.538. The molecule has 0 aliphatic heterocycles. The molecule has 0 aromatic carbocycles. The Morgan fingerprint density at radius 1 is 1.40 bits per heavy atom. The van der Waals surface area contributed by atoms with Gasteiger partial charge in [0.15, 0.2) is 0 Å². The van der Waals surface area contributed by atoms with Crippen molar-refractivity contribution in [3.63, 3.8) is 0 Å². The molecule has 0 aromatic rings. The second-order valence-corrected chi connectivity index (χ2v) is 3.12. The van der Waals surface area contributed by atoms with E-state index in [0.29, 0.717) is 0 Å². The molecular formula is C8H18O2. The van der Waals surface area contributed by atoms with Crippen molar-refractivity contribution in [2.45, 2.75) is 39.2 Å². The Labute approximate surface area is 63.2 Å². The van der Waals surface area contributed by atoms with E-state index in [1.165, 1.54) is 0 Å². The van der Waals surface area contributed by atoms with Crippen LogP contribution >= 0.6 is 0 Å². The van der Waals surface area contributed by atoms with Crippen LogP contribution in [0.1, 0.15) is 33.6 Å². The number of hydrogen-bond acceptors (Lipinski definition) is 2. The number of ether oxygens (including phenoxy) is 1. The summed E-state index contributed by atoms with van der Waals surface area (Å²) < 4.78 is 5.37. The van der Waals surface area contributed by atoms with Crippen LogP contribution in [0.2, 0.25) is 0 Å². The maximum atomic E-state index is 8.77. The molecule has 0 atom stereocenters. The van der Waals surface area contributed by atoms with E-state index in [0.717, 1.165) is 19.4 Å². The molecule has 0 aliphatic rings. The van der Waals surface area contributed by atoms with Gasteiger partial charge in [0, 0.05) is 6.61 Å². The van der Waals surface area contributed by atoms with Gasteiger partial charge in [-0.25, -0.2) is 0 Å². The van der Waals surface area contributed by atoms with Gasteiger partial charge in [-0.3, -0.25) is 0 Å². The van der Waals surface area contributed by atoms with E-state index < -0.39 is 0 Å².